The van der Waals surface area contributed by atoms with E-state index in [9.17, 15) is 0 Å². The van der Waals surface area contributed by atoms with E-state index in [0.717, 1.165) is 50.3 Å². The summed E-state index contributed by atoms with van der Waals surface area (Å²) in [6, 6.07) is 34.5. The molecular weight excluding hydrogens is 562 g/mol. The minimum absolute atomic E-state index is 0.0901. The molecule has 0 unspecified atom stereocenters. The van der Waals surface area contributed by atoms with E-state index in [1.165, 1.54) is 64.8 Å². The third-order valence-corrected chi connectivity index (χ3v) is 9.23. The van der Waals surface area contributed by atoms with Crippen LogP contribution in [0.5, 0.6) is 0 Å². The molecule has 1 aliphatic carbocycles. The Labute approximate surface area is 277 Å². The lowest BCUT2D eigenvalue weighted by molar-refractivity contribution is 0.160. The van der Waals surface area contributed by atoms with Crippen LogP contribution in [0, 0.1) is 0 Å². The summed E-state index contributed by atoms with van der Waals surface area (Å²) in [6.45, 7) is 14.8. The number of benzene rings is 4. The molecular formula is C43H51NO2. The molecule has 0 heterocycles. The first-order valence-electron chi connectivity index (χ1n) is 17.2. The van der Waals surface area contributed by atoms with E-state index in [0.29, 0.717) is 13.2 Å². The van der Waals surface area contributed by atoms with Crippen LogP contribution in [0.3, 0.4) is 0 Å². The van der Waals surface area contributed by atoms with Crippen molar-refractivity contribution >= 4 is 17.1 Å². The Kier molecular flexibility index (Phi) is 12.1. The Balaban J connectivity index is 1.49. The van der Waals surface area contributed by atoms with Gasteiger partial charge in [-0.05, 0) is 108 Å². The Hall–Kier alpha value is -3.92. The molecule has 0 bridgehead atoms. The summed E-state index contributed by atoms with van der Waals surface area (Å²) in [5, 5.41) is 0. The van der Waals surface area contributed by atoms with E-state index in [-0.39, 0.29) is 5.41 Å². The van der Waals surface area contributed by atoms with Gasteiger partial charge >= 0.3 is 0 Å². The largest absolute Gasteiger partial charge is 0.377 e. The number of fused-ring (bicyclic) bond motifs is 3. The normalized spacial score (nSPS) is 12.8. The Bertz CT molecular complexity index is 1490. The highest BCUT2D eigenvalue weighted by Gasteiger charge is 2.41. The fourth-order valence-electron chi connectivity index (χ4n) is 7.27. The van der Waals surface area contributed by atoms with Crippen molar-refractivity contribution in [3.63, 3.8) is 0 Å². The highest BCUT2D eigenvalue weighted by Crippen LogP contribution is 2.55. The number of ether oxygens (including phenoxy) is 2. The maximum Gasteiger partial charge on any atom is 0.0644 e. The van der Waals surface area contributed by atoms with E-state index in [1.54, 1.807) is 12.2 Å². The molecule has 0 fully saturated rings. The lowest BCUT2D eigenvalue weighted by Gasteiger charge is -2.32. The fourth-order valence-corrected chi connectivity index (χ4v) is 7.27. The summed E-state index contributed by atoms with van der Waals surface area (Å²) >= 11 is 0. The molecule has 0 atom stereocenters. The van der Waals surface area contributed by atoms with Gasteiger partial charge in [0.2, 0.25) is 0 Å². The van der Waals surface area contributed by atoms with Crippen LogP contribution in [-0.2, 0) is 27.7 Å². The van der Waals surface area contributed by atoms with Crippen molar-refractivity contribution in [2.75, 3.05) is 31.3 Å². The van der Waals surface area contributed by atoms with Crippen LogP contribution in [0.15, 0.2) is 116 Å². The molecule has 3 nitrogen and oxygen atoms in total. The van der Waals surface area contributed by atoms with Crippen molar-refractivity contribution in [2.24, 2.45) is 0 Å². The minimum atomic E-state index is 0.0901. The van der Waals surface area contributed by atoms with Gasteiger partial charge in [0.1, 0.15) is 0 Å². The van der Waals surface area contributed by atoms with Gasteiger partial charge < -0.3 is 14.4 Å². The zero-order valence-corrected chi connectivity index (χ0v) is 28.0. The van der Waals surface area contributed by atoms with Crippen LogP contribution in [0.2, 0.25) is 0 Å². The SMILES string of the molecule is C=CCOCCCc1ccc(N(c2ccc(CCCOCC=C)cc2)c2ccc3c(c2)-c2ccccc2C3(CCC)CCC)cc1. The molecule has 0 saturated carbocycles. The zero-order chi connectivity index (χ0) is 32.2. The molecule has 0 spiro atoms. The fraction of sp³-hybridized carbons (Fsp3) is 0.349. The predicted molar refractivity (Wildman–Crippen MR) is 196 cm³/mol. The smallest absolute Gasteiger partial charge is 0.0644 e. The molecule has 0 aliphatic heterocycles. The summed E-state index contributed by atoms with van der Waals surface area (Å²) < 4.78 is 11.2. The van der Waals surface area contributed by atoms with Gasteiger partial charge in [-0.3, -0.25) is 0 Å². The highest BCUT2D eigenvalue weighted by atomic mass is 16.5. The van der Waals surface area contributed by atoms with Crippen LogP contribution < -0.4 is 4.90 Å². The van der Waals surface area contributed by atoms with Gasteiger partial charge in [0, 0.05) is 35.7 Å². The standard InChI is InChI=1S/C43H51NO2/c1-5-27-43(28-6-2)41-16-10-9-15-39(41)40-33-38(25-26-42(40)43)44(36-21-17-34(18-22-36)13-11-31-45-29-7-3)37-23-19-35(20-24-37)14-12-32-46-30-8-4/h7-10,15-26,33H,3-6,11-14,27-32H2,1-2H3. The molecule has 0 radical (unpaired) electrons. The topological polar surface area (TPSA) is 21.7 Å². The van der Waals surface area contributed by atoms with Gasteiger partial charge in [0.25, 0.3) is 0 Å². The first-order valence-corrected chi connectivity index (χ1v) is 17.2. The predicted octanol–water partition coefficient (Wildman–Crippen LogP) is 11.3. The molecule has 46 heavy (non-hydrogen) atoms. The lowest BCUT2D eigenvalue weighted by atomic mass is 9.71. The Morgan fingerprint density at radius 2 is 1.11 bits per heavy atom. The van der Waals surface area contributed by atoms with Gasteiger partial charge in [-0.2, -0.15) is 0 Å². The van der Waals surface area contributed by atoms with Crippen molar-refractivity contribution in [1.82, 2.24) is 0 Å². The van der Waals surface area contributed by atoms with Crippen molar-refractivity contribution in [3.05, 3.63) is 139 Å². The first-order chi connectivity index (χ1) is 22.6. The first kappa shape index (κ1) is 33.4. The van der Waals surface area contributed by atoms with Crippen LogP contribution in [0.25, 0.3) is 11.1 Å². The zero-order valence-electron chi connectivity index (χ0n) is 28.0. The second-order valence-corrected chi connectivity index (χ2v) is 12.5. The molecule has 4 aromatic rings. The average Bonchev–Trinajstić information content (AvgIpc) is 3.35. The van der Waals surface area contributed by atoms with Crippen molar-refractivity contribution in [1.29, 1.82) is 0 Å². The second kappa shape index (κ2) is 16.6. The van der Waals surface area contributed by atoms with Crippen LogP contribution in [-0.4, -0.2) is 26.4 Å². The molecule has 0 amide bonds. The van der Waals surface area contributed by atoms with E-state index < -0.39 is 0 Å². The van der Waals surface area contributed by atoms with E-state index in [4.69, 9.17) is 9.47 Å². The molecule has 0 saturated heterocycles. The van der Waals surface area contributed by atoms with Crippen LogP contribution in [0.1, 0.15) is 74.6 Å². The van der Waals surface area contributed by atoms with E-state index in [1.807, 2.05) is 0 Å². The third-order valence-electron chi connectivity index (χ3n) is 9.23. The number of aryl methyl sites for hydroxylation is 2. The highest BCUT2D eigenvalue weighted by molar-refractivity contribution is 5.86. The van der Waals surface area contributed by atoms with Gasteiger partial charge in [-0.1, -0.05) is 93.4 Å². The summed E-state index contributed by atoms with van der Waals surface area (Å²) in [5.41, 5.74) is 12.0. The van der Waals surface area contributed by atoms with E-state index in [2.05, 4.69) is 123 Å². The number of hydrogen-bond donors (Lipinski definition) is 0. The Morgan fingerprint density at radius 1 is 0.609 bits per heavy atom. The minimum Gasteiger partial charge on any atom is -0.377 e. The summed E-state index contributed by atoms with van der Waals surface area (Å²) in [6.07, 6.45) is 12.3. The monoisotopic (exact) mass is 613 g/mol. The number of rotatable bonds is 19. The summed E-state index contributed by atoms with van der Waals surface area (Å²) in [7, 11) is 0. The lowest BCUT2D eigenvalue weighted by Crippen LogP contribution is -2.25. The molecule has 5 rings (SSSR count). The molecule has 240 valence electrons. The maximum atomic E-state index is 5.60. The molecule has 0 N–H and O–H groups in total. The Morgan fingerprint density at radius 3 is 1.63 bits per heavy atom. The van der Waals surface area contributed by atoms with Gasteiger partial charge in [-0.25, -0.2) is 0 Å². The maximum absolute atomic E-state index is 5.60. The van der Waals surface area contributed by atoms with Crippen LogP contribution >= 0.6 is 0 Å². The number of anilines is 3. The van der Waals surface area contributed by atoms with Crippen molar-refractivity contribution in [3.8, 4) is 11.1 Å². The van der Waals surface area contributed by atoms with E-state index >= 15 is 0 Å². The summed E-state index contributed by atoms with van der Waals surface area (Å²) in [4.78, 5) is 2.41. The van der Waals surface area contributed by atoms with Gasteiger partial charge in [0.15, 0.2) is 0 Å². The molecule has 4 aromatic carbocycles. The van der Waals surface area contributed by atoms with Crippen molar-refractivity contribution < 1.29 is 9.47 Å². The quantitative estimate of drug-likeness (QED) is 0.0776. The molecule has 1 aliphatic rings. The molecule has 3 heteroatoms. The third kappa shape index (κ3) is 7.54. The molecule has 0 aromatic heterocycles. The number of nitrogens with zero attached hydrogens (tertiary/aromatic N) is 1. The van der Waals surface area contributed by atoms with Crippen LogP contribution in [0.4, 0.5) is 17.1 Å². The van der Waals surface area contributed by atoms with Gasteiger partial charge in [-0.15, -0.1) is 13.2 Å². The summed E-state index contributed by atoms with van der Waals surface area (Å²) in [5.74, 6) is 0. The average molecular weight is 614 g/mol. The second-order valence-electron chi connectivity index (χ2n) is 12.5. The number of hydrogen-bond acceptors (Lipinski definition) is 3. The van der Waals surface area contributed by atoms with Crippen molar-refractivity contribution in [2.45, 2.75) is 70.6 Å². The van der Waals surface area contributed by atoms with Gasteiger partial charge in [0.05, 0.1) is 13.2 Å².